The lowest BCUT2D eigenvalue weighted by atomic mass is 10.0. The molecule has 0 aliphatic heterocycles. The number of benzene rings is 10. The van der Waals surface area contributed by atoms with Gasteiger partial charge in [-0.15, -0.1) is 0 Å². The summed E-state index contributed by atoms with van der Waals surface area (Å²) in [5.74, 6) is 0.860. The van der Waals surface area contributed by atoms with E-state index in [4.69, 9.17) is 17.7 Å². The molecule has 338 valence electrons. The molecule has 0 fully saturated rings. The SMILES string of the molecule is C=C/C=C\c1c(C)oc2c(N(c3ccc4cc5c(cc4c3)oc3cc4c(cc35)oc3cc5cc(N(c6ccccc6C)c6cccc7c6oc6ccccc67)ccc5cc34)c3ccccc3C)cccc12. The highest BCUT2D eigenvalue weighted by atomic mass is 16.3. The minimum absolute atomic E-state index is 0.817. The first-order valence-corrected chi connectivity index (χ1v) is 24.0. The number of aryl methyl sites for hydroxylation is 3. The van der Waals surface area contributed by atoms with Gasteiger partial charge in [-0.05, 0) is 144 Å². The number of para-hydroxylation sites is 5. The van der Waals surface area contributed by atoms with Crippen molar-refractivity contribution in [3.05, 3.63) is 223 Å². The molecule has 0 aliphatic rings. The van der Waals surface area contributed by atoms with Gasteiger partial charge in [-0.2, -0.15) is 0 Å². The third kappa shape index (κ3) is 6.35. The zero-order valence-electron chi connectivity index (χ0n) is 39.3. The zero-order chi connectivity index (χ0) is 47.5. The van der Waals surface area contributed by atoms with Crippen LogP contribution in [0.15, 0.2) is 218 Å². The molecule has 0 aliphatic carbocycles. The van der Waals surface area contributed by atoms with Crippen LogP contribution in [-0.2, 0) is 0 Å². The minimum Gasteiger partial charge on any atom is -0.459 e. The van der Waals surface area contributed by atoms with Crippen LogP contribution in [0.2, 0.25) is 0 Å². The van der Waals surface area contributed by atoms with Gasteiger partial charge < -0.3 is 27.5 Å². The number of allylic oxidation sites excluding steroid dienone is 2. The van der Waals surface area contributed by atoms with Crippen LogP contribution in [0.4, 0.5) is 34.1 Å². The number of anilines is 6. The highest BCUT2D eigenvalue weighted by Gasteiger charge is 2.24. The van der Waals surface area contributed by atoms with Crippen LogP contribution in [0.25, 0.3) is 104 Å². The molecule has 0 amide bonds. The number of furan rings is 4. The Labute approximate surface area is 408 Å². The zero-order valence-corrected chi connectivity index (χ0v) is 39.3. The summed E-state index contributed by atoms with van der Waals surface area (Å²) in [6.45, 7) is 10.2. The van der Waals surface area contributed by atoms with Crippen LogP contribution < -0.4 is 9.80 Å². The predicted molar refractivity (Wildman–Crippen MR) is 296 cm³/mol. The summed E-state index contributed by atoms with van der Waals surface area (Å²) < 4.78 is 26.7. The van der Waals surface area contributed by atoms with Crippen molar-refractivity contribution in [2.24, 2.45) is 0 Å². The van der Waals surface area contributed by atoms with Gasteiger partial charge in [0.15, 0.2) is 11.2 Å². The maximum Gasteiger partial charge on any atom is 0.159 e. The molecule has 0 unspecified atom stereocenters. The Balaban J connectivity index is 0.872. The fourth-order valence-corrected chi connectivity index (χ4v) is 10.9. The standard InChI is InChI=1S/C65H44N2O4/c1-5-6-17-47-40(4)68-64-49(47)19-13-23-57(64)66(55-21-10-7-15-38(55)2)45-28-26-41-32-51-53-36-63-54(37-62(53)69-60(51)34-43(41)30-45)52-33-42-27-29-46(31-44(42)35-61(52)70-63)67(56-22-11-8-16-39(56)3)58-24-14-20-50-48-18-9-12-25-59(48)71-65(50)58/h5-37H,1H2,2-4H3/b17-6-. The average Bonchev–Trinajstić information content (AvgIpc) is 4.14. The lowest BCUT2D eigenvalue weighted by Gasteiger charge is -2.27. The first-order chi connectivity index (χ1) is 34.9. The molecule has 4 heterocycles. The molecular formula is C65H44N2O4. The maximum atomic E-state index is 6.76. The van der Waals surface area contributed by atoms with E-state index >= 15 is 0 Å². The molecule has 4 aromatic heterocycles. The van der Waals surface area contributed by atoms with Gasteiger partial charge in [0, 0.05) is 66.0 Å². The van der Waals surface area contributed by atoms with E-state index in [1.807, 2.05) is 25.1 Å². The van der Waals surface area contributed by atoms with E-state index in [-0.39, 0.29) is 0 Å². The van der Waals surface area contributed by atoms with Gasteiger partial charge in [-0.1, -0.05) is 116 Å². The van der Waals surface area contributed by atoms with Crippen LogP contribution in [0.5, 0.6) is 0 Å². The van der Waals surface area contributed by atoms with E-state index in [0.29, 0.717) is 0 Å². The summed E-state index contributed by atoms with van der Waals surface area (Å²) in [5, 5.41) is 11.7. The summed E-state index contributed by atoms with van der Waals surface area (Å²) in [5.41, 5.74) is 15.3. The molecule has 0 saturated heterocycles. The van der Waals surface area contributed by atoms with Crippen molar-refractivity contribution in [2.75, 3.05) is 9.80 Å². The summed E-state index contributed by atoms with van der Waals surface area (Å²) in [7, 11) is 0. The van der Waals surface area contributed by atoms with Gasteiger partial charge in [0.1, 0.15) is 33.7 Å². The van der Waals surface area contributed by atoms with Gasteiger partial charge in [0.25, 0.3) is 0 Å². The van der Waals surface area contributed by atoms with Crippen molar-refractivity contribution in [1.82, 2.24) is 0 Å². The second kappa shape index (κ2) is 15.6. The van der Waals surface area contributed by atoms with Crippen LogP contribution in [0, 0.1) is 20.8 Å². The van der Waals surface area contributed by atoms with Crippen LogP contribution in [-0.4, -0.2) is 0 Å². The highest BCUT2D eigenvalue weighted by molar-refractivity contribution is 6.19. The Bertz CT molecular complexity index is 4560. The van der Waals surface area contributed by atoms with E-state index in [1.54, 1.807) is 6.08 Å². The maximum absolute atomic E-state index is 6.76. The highest BCUT2D eigenvalue weighted by Crippen LogP contribution is 2.47. The van der Waals surface area contributed by atoms with E-state index in [0.717, 1.165) is 155 Å². The normalized spacial score (nSPS) is 12.2. The molecule has 71 heavy (non-hydrogen) atoms. The summed E-state index contributed by atoms with van der Waals surface area (Å²) in [6, 6.07) is 64.4. The van der Waals surface area contributed by atoms with Gasteiger partial charge in [0.2, 0.25) is 0 Å². The first kappa shape index (κ1) is 40.8. The monoisotopic (exact) mass is 916 g/mol. The first-order valence-electron chi connectivity index (χ1n) is 24.0. The molecule has 0 radical (unpaired) electrons. The molecule has 14 aromatic rings. The molecule has 0 saturated carbocycles. The lowest BCUT2D eigenvalue weighted by Crippen LogP contribution is -2.11. The topological polar surface area (TPSA) is 59.0 Å². The third-order valence-corrected chi connectivity index (χ3v) is 14.4. The largest absolute Gasteiger partial charge is 0.459 e. The minimum atomic E-state index is 0.817. The van der Waals surface area contributed by atoms with E-state index < -0.39 is 0 Å². The molecule has 10 aromatic carbocycles. The number of hydrogen-bond acceptors (Lipinski definition) is 6. The summed E-state index contributed by atoms with van der Waals surface area (Å²) in [4.78, 5) is 4.62. The number of hydrogen-bond donors (Lipinski definition) is 0. The van der Waals surface area contributed by atoms with E-state index in [1.165, 1.54) is 0 Å². The van der Waals surface area contributed by atoms with Crippen molar-refractivity contribution >= 4 is 139 Å². The van der Waals surface area contributed by atoms with Crippen molar-refractivity contribution in [1.29, 1.82) is 0 Å². The Hall–Kier alpha value is -9.26. The Morgan fingerprint density at radius 1 is 0.366 bits per heavy atom. The molecule has 14 rings (SSSR count). The van der Waals surface area contributed by atoms with Gasteiger partial charge in [0.05, 0.1) is 11.4 Å². The quantitative estimate of drug-likeness (QED) is 0.142. The molecule has 6 nitrogen and oxygen atoms in total. The van der Waals surface area contributed by atoms with Crippen molar-refractivity contribution < 1.29 is 17.7 Å². The van der Waals surface area contributed by atoms with Crippen molar-refractivity contribution in [3.8, 4) is 0 Å². The average molecular weight is 917 g/mol. The molecule has 0 bridgehead atoms. The van der Waals surface area contributed by atoms with E-state index in [9.17, 15) is 0 Å². The number of rotatable bonds is 8. The Morgan fingerprint density at radius 2 is 0.845 bits per heavy atom. The number of fused-ring (bicyclic) bond motifs is 12. The fourth-order valence-electron chi connectivity index (χ4n) is 10.9. The van der Waals surface area contributed by atoms with Crippen LogP contribution in [0.3, 0.4) is 0 Å². The van der Waals surface area contributed by atoms with Gasteiger partial charge in [-0.3, -0.25) is 0 Å². The Morgan fingerprint density at radius 3 is 1.42 bits per heavy atom. The lowest BCUT2D eigenvalue weighted by molar-refractivity contribution is 0.578. The summed E-state index contributed by atoms with van der Waals surface area (Å²) in [6.07, 6.45) is 5.81. The fraction of sp³-hybridized carbons (Fsp3) is 0.0462. The van der Waals surface area contributed by atoms with Gasteiger partial charge in [-0.25, -0.2) is 0 Å². The summed E-state index contributed by atoms with van der Waals surface area (Å²) >= 11 is 0. The Kier molecular flexibility index (Phi) is 8.98. The molecule has 0 atom stereocenters. The van der Waals surface area contributed by atoms with Crippen molar-refractivity contribution in [3.63, 3.8) is 0 Å². The van der Waals surface area contributed by atoms with Gasteiger partial charge >= 0.3 is 0 Å². The smallest absolute Gasteiger partial charge is 0.159 e. The second-order valence-electron chi connectivity index (χ2n) is 18.6. The van der Waals surface area contributed by atoms with E-state index in [2.05, 4.69) is 206 Å². The second-order valence-corrected chi connectivity index (χ2v) is 18.6. The molecule has 0 spiro atoms. The third-order valence-electron chi connectivity index (χ3n) is 14.4. The van der Waals surface area contributed by atoms with Crippen LogP contribution in [0.1, 0.15) is 22.5 Å². The number of nitrogens with zero attached hydrogens (tertiary/aromatic N) is 2. The van der Waals surface area contributed by atoms with Crippen LogP contribution >= 0.6 is 0 Å². The molecular weight excluding hydrogens is 873 g/mol. The molecule has 0 N–H and O–H groups in total. The van der Waals surface area contributed by atoms with Crippen molar-refractivity contribution in [2.45, 2.75) is 20.8 Å². The predicted octanol–water partition coefficient (Wildman–Crippen LogP) is 19.5. The molecule has 6 heteroatoms.